The summed E-state index contributed by atoms with van der Waals surface area (Å²) in [5.41, 5.74) is 8.98. The van der Waals surface area contributed by atoms with Crippen LogP contribution in [0.5, 0.6) is 0 Å². The van der Waals surface area contributed by atoms with Crippen LogP contribution in [0.3, 0.4) is 0 Å². The predicted octanol–water partition coefficient (Wildman–Crippen LogP) is 1.93. The van der Waals surface area contributed by atoms with Crippen LogP contribution >= 0.6 is 0 Å². The zero-order valence-corrected chi connectivity index (χ0v) is 8.76. The first-order valence-corrected chi connectivity index (χ1v) is 4.58. The van der Waals surface area contributed by atoms with Gasteiger partial charge in [-0.15, -0.1) is 0 Å². The number of esters is 1. The van der Waals surface area contributed by atoms with Crippen LogP contribution in [-0.4, -0.2) is 13.1 Å². The van der Waals surface area contributed by atoms with Gasteiger partial charge in [0.1, 0.15) is 0 Å². The molecule has 1 rings (SSSR count). The molecule has 0 fully saturated rings. The second-order valence-corrected chi connectivity index (χ2v) is 3.16. The molecule has 0 amide bonds. The lowest BCUT2D eigenvalue weighted by Gasteiger charge is -2.10. The third-order valence-electron chi connectivity index (χ3n) is 2.39. The number of aryl methyl sites for hydroxylation is 1. The Hall–Kier alpha value is -1.51. The predicted molar refractivity (Wildman–Crippen MR) is 56.3 cm³/mol. The highest BCUT2D eigenvalue weighted by Gasteiger charge is 2.12. The average molecular weight is 193 g/mol. The van der Waals surface area contributed by atoms with Crippen molar-refractivity contribution in [1.29, 1.82) is 0 Å². The first-order valence-electron chi connectivity index (χ1n) is 4.58. The Balaban J connectivity index is 3.24. The zero-order valence-electron chi connectivity index (χ0n) is 8.76. The SMILES string of the molecule is CCc1ccc(C(=O)OC)c(C)c1N. The van der Waals surface area contributed by atoms with Crippen LogP contribution in [-0.2, 0) is 11.2 Å². The molecule has 0 aliphatic heterocycles. The first-order chi connectivity index (χ1) is 6.61. The molecule has 2 N–H and O–H groups in total. The minimum Gasteiger partial charge on any atom is -0.465 e. The molecule has 0 radical (unpaired) electrons. The summed E-state index contributed by atoms with van der Waals surface area (Å²) >= 11 is 0. The molecule has 0 bridgehead atoms. The number of ether oxygens (including phenoxy) is 1. The fraction of sp³-hybridized carbons (Fsp3) is 0.364. The molecule has 0 atom stereocenters. The molecule has 0 spiro atoms. The van der Waals surface area contributed by atoms with Crippen molar-refractivity contribution in [3.05, 3.63) is 28.8 Å². The van der Waals surface area contributed by atoms with E-state index in [4.69, 9.17) is 5.73 Å². The van der Waals surface area contributed by atoms with Crippen molar-refractivity contribution >= 4 is 11.7 Å². The third-order valence-corrected chi connectivity index (χ3v) is 2.39. The van der Waals surface area contributed by atoms with Crippen LogP contribution in [0.25, 0.3) is 0 Å². The van der Waals surface area contributed by atoms with Gasteiger partial charge in [-0.25, -0.2) is 4.79 Å². The van der Waals surface area contributed by atoms with Crippen molar-refractivity contribution in [2.75, 3.05) is 12.8 Å². The van der Waals surface area contributed by atoms with E-state index in [0.717, 1.165) is 17.5 Å². The maximum Gasteiger partial charge on any atom is 0.338 e. The normalized spacial score (nSPS) is 9.93. The van der Waals surface area contributed by atoms with E-state index in [1.807, 2.05) is 19.9 Å². The topological polar surface area (TPSA) is 52.3 Å². The summed E-state index contributed by atoms with van der Waals surface area (Å²) in [5.74, 6) is -0.336. The van der Waals surface area contributed by atoms with E-state index in [-0.39, 0.29) is 5.97 Å². The van der Waals surface area contributed by atoms with Gasteiger partial charge in [-0.05, 0) is 30.5 Å². The maximum atomic E-state index is 11.3. The van der Waals surface area contributed by atoms with Crippen LogP contribution in [0.15, 0.2) is 12.1 Å². The van der Waals surface area contributed by atoms with Gasteiger partial charge in [0, 0.05) is 5.69 Å². The van der Waals surface area contributed by atoms with Gasteiger partial charge in [0.2, 0.25) is 0 Å². The fourth-order valence-electron chi connectivity index (χ4n) is 1.42. The summed E-state index contributed by atoms with van der Waals surface area (Å²) in [7, 11) is 1.37. The van der Waals surface area contributed by atoms with Gasteiger partial charge in [0.05, 0.1) is 12.7 Å². The van der Waals surface area contributed by atoms with Crippen molar-refractivity contribution in [1.82, 2.24) is 0 Å². The Morgan fingerprint density at radius 3 is 2.64 bits per heavy atom. The molecule has 0 heterocycles. The molecule has 0 unspecified atom stereocenters. The Morgan fingerprint density at radius 1 is 1.50 bits per heavy atom. The summed E-state index contributed by atoms with van der Waals surface area (Å²) < 4.78 is 4.65. The smallest absolute Gasteiger partial charge is 0.338 e. The minimum absolute atomic E-state index is 0.336. The third kappa shape index (κ3) is 1.71. The van der Waals surface area contributed by atoms with Gasteiger partial charge < -0.3 is 10.5 Å². The Morgan fingerprint density at radius 2 is 2.14 bits per heavy atom. The second-order valence-electron chi connectivity index (χ2n) is 3.16. The number of hydrogen-bond donors (Lipinski definition) is 1. The summed E-state index contributed by atoms with van der Waals surface area (Å²) in [6.07, 6.45) is 0.869. The first kappa shape index (κ1) is 10.6. The number of carbonyl (C=O) groups is 1. The van der Waals surface area contributed by atoms with Crippen LogP contribution in [0, 0.1) is 6.92 Å². The van der Waals surface area contributed by atoms with Gasteiger partial charge in [0.15, 0.2) is 0 Å². The molecule has 0 aliphatic carbocycles. The van der Waals surface area contributed by atoms with Gasteiger partial charge in [-0.1, -0.05) is 13.0 Å². The van der Waals surface area contributed by atoms with E-state index >= 15 is 0 Å². The van der Waals surface area contributed by atoms with E-state index in [1.54, 1.807) is 6.07 Å². The largest absolute Gasteiger partial charge is 0.465 e. The molecule has 14 heavy (non-hydrogen) atoms. The monoisotopic (exact) mass is 193 g/mol. The molecule has 1 aromatic rings. The molecule has 3 nitrogen and oxygen atoms in total. The van der Waals surface area contributed by atoms with Crippen LogP contribution in [0.4, 0.5) is 5.69 Å². The summed E-state index contributed by atoms with van der Waals surface area (Å²) in [4.78, 5) is 11.3. The molecule has 0 aliphatic rings. The number of nitrogen functional groups attached to an aromatic ring is 1. The Labute approximate surface area is 83.9 Å². The fourth-order valence-corrected chi connectivity index (χ4v) is 1.42. The van der Waals surface area contributed by atoms with Crippen LogP contribution in [0.1, 0.15) is 28.4 Å². The summed E-state index contributed by atoms with van der Waals surface area (Å²) in [6.45, 7) is 3.86. The lowest BCUT2D eigenvalue weighted by Crippen LogP contribution is -2.07. The summed E-state index contributed by atoms with van der Waals surface area (Å²) in [5, 5.41) is 0. The molecule has 0 aromatic heterocycles. The van der Waals surface area contributed by atoms with E-state index in [1.165, 1.54) is 7.11 Å². The van der Waals surface area contributed by atoms with Gasteiger partial charge in [-0.2, -0.15) is 0 Å². The van der Waals surface area contributed by atoms with Crippen molar-refractivity contribution in [3.8, 4) is 0 Å². The van der Waals surface area contributed by atoms with Crippen LogP contribution < -0.4 is 5.73 Å². The number of methoxy groups -OCH3 is 1. The highest BCUT2D eigenvalue weighted by atomic mass is 16.5. The average Bonchev–Trinajstić information content (AvgIpc) is 2.21. The number of benzene rings is 1. The lowest BCUT2D eigenvalue weighted by atomic mass is 10.0. The zero-order chi connectivity index (χ0) is 10.7. The lowest BCUT2D eigenvalue weighted by molar-refractivity contribution is 0.0600. The molecule has 0 saturated carbocycles. The Kier molecular flexibility index (Phi) is 3.12. The van der Waals surface area contributed by atoms with E-state index in [9.17, 15) is 4.79 Å². The maximum absolute atomic E-state index is 11.3. The van der Waals surface area contributed by atoms with E-state index in [2.05, 4.69) is 4.74 Å². The second kappa shape index (κ2) is 4.13. The molecular weight excluding hydrogens is 178 g/mol. The number of nitrogens with two attached hydrogens (primary N) is 1. The van der Waals surface area contributed by atoms with Crippen molar-refractivity contribution in [3.63, 3.8) is 0 Å². The molecular formula is C11H15NO2. The quantitative estimate of drug-likeness (QED) is 0.576. The van der Waals surface area contributed by atoms with Crippen molar-refractivity contribution in [2.45, 2.75) is 20.3 Å². The summed E-state index contributed by atoms with van der Waals surface area (Å²) in [6, 6.07) is 3.63. The van der Waals surface area contributed by atoms with E-state index < -0.39 is 0 Å². The minimum atomic E-state index is -0.336. The molecule has 1 aromatic carbocycles. The molecule has 3 heteroatoms. The Bertz CT molecular complexity index is 359. The van der Waals surface area contributed by atoms with Gasteiger partial charge >= 0.3 is 5.97 Å². The van der Waals surface area contributed by atoms with Gasteiger partial charge in [-0.3, -0.25) is 0 Å². The van der Waals surface area contributed by atoms with Crippen molar-refractivity contribution < 1.29 is 9.53 Å². The molecule has 0 saturated heterocycles. The van der Waals surface area contributed by atoms with Crippen LogP contribution in [0.2, 0.25) is 0 Å². The van der Waals surface area contributed by atoms with Crippen molar-refractivity contribution in [2.24, 2.45) is 0 Å². The highest BCUT2D eigenvalue weighted by molar-refractivity contribution is 5.92. The van der Waals surface area contributed by atoms with E-state index in [0.29, 0.717) is 11.3 Å². The number of rotatable bonds is 2. The number of hydrogen-bond acceptors (Lipinski definition) is 3. The number of carbonyl (C=O) groups excluding carboxylic acids is 1. The standard InChI is InChI=1S/C11H15NO2/c1-4-8-5-6-9(11(13)14-3)7(2)10(8)12/h5-6H,4,12H2,1-3H3. The number of anilines is 1. The van der Waals surface area contributed by atoms with Gasteiger partial charge in [0.25, 0.3) is 0 Å². The molecule has 76 valence electrons. The highest BCUT2D eigenvalue weighted by Crippen LogP contribution is 2.21.